The molecule has 0 bridgehead atoms. The molecule has 0 aliphatic carbocycles. The summed E-state index contributed by atoms with van der Waals surface area (Å²) in [5.41, 5.74) is 1.70. The molecule has 0 unspecified atom stereocenters. The van der Waals surface area contributed by atoms with Crippen molar-refractivity contribution >= 4 is 21.4 Å². The van der Waals surface area contributed by atoms with Gasteiger partial charge in [0.1, 0.15) is 12.4 Å². The molecule has 0 aliphatic heterocycles. The highest BCUT2D eigenvalue weighted by molar-refractivity contribution is 7.90. The lowest BCUT2D eigenvalue weighted by atomic mass is 10.2. The van der Waals surface area contributed by atoms with E-state index in [-0.39, 0.29) is 22.0 Å². The molecular weight excluding hydrogens is 428 g/mol. The summed E-state index contributed by atoms with van der Waals surface area (Å²) in [4.78, 5) is 17.0. The monoisotopic (exact) mass is 448 g/mol. The van der Waals surface area contributed by atoms with Crippen LogP contribution in [0.1, 0.15) is 21.7 Å². The first-order chi connectivity index (χ1) is 15.5. The van der Waals surface area contributed by atoms with Crippen LogP contribution in [-0.2, 0) is 22.2 Å². The lowest BCUT2D eigenvalue weighted by Gasteiger charge is -2.09. The van der Waals surface area contributed by atoms with Crippen LogP contribution >= 0.6 is 0 Å². The molecule has 1 N–H and O–H groups in total. The van der Waals surface area contributed by atoms with Crippen LogP contribution in [0.25, 0.3) is 0 Å². The number of hydrogen-bond acceptors (Lipinski definition) is 6. The SMILES string of the molecule is O=C(Nc1cccc(OCc2cccnc2)c1)c1occc1CS(=O)(=O)c1ccccc1. The Kier molecular flexibility index (Phi) is 6.32. The number of carbonyl (C=O) groups excluding carboxylic acids is 1. The number of ether oxygens (including phenoxy) is 1. The van der Waals surface area contributed by atoms with Gasteiger partial charge in [-0.3, -0.25) is 9.78 Å². The fourth-order valence-corrected chi connectivity index (χ4v) is 4.44. The zero-order valence-corrected chi connectivity index (χ0v) is 17.8. The zero-order valence-electron chi connectivity index (χ0n) is 17.0. The van der Waals surface area contributed by atoms with E-state index in [9.17, 15) is 13.2 Å². The predicted molar refractivity (Wildman–Crippen MR) is 119 cm³/mol. The van der Waals surface area contributed by atoms with Gasteiger partial charge in [-0.2, -0.15) is 0 Å². The molecule has 0 spiro atoms. The minimum atomic E-state index is -3.62. The number of nitrogens with zero attached hydrogens (tertiary/aromatic N) is 1. The average Bonchev–Trinajstić information content (AvgIpc) is 3.27. The van der Waals surface area contributed by atoms with Crippen LogP contribution in [0.2, 0.25) is 0 Å². The van der Waals surface area contributed by atoms with Crippen molar-refractivity contribution in [2.45, 2.75) is 17.3 Å². The Labute approximate surface area is 185 Å². The van der Waals surface area contributed by atoms with Crippen LogP contribution in [0.3, 0.4) is 0 Å². The highest BCUT2D eigenvalue weighted by Crippen LogP contribution is 2.23. The molecule has 1 amide bonds. The fourth-order valence-electron chi connectivity index (χ4n) is 3.07. The third-order valence-electron chi connectivity index (χ3n) is 4.62. The largest absolute Gasteiger partial charge is 0.489 e. The molecule has 0 fully saturated rings. The minimum Gasteiger partial charge on any atom is -0.489 e. The van der Waals surface area contributed by atoms with Gasteiger partial charge in [-0.05, 0) is 36.4 Å². The Morgan fingerprint density at radius 1 is 1.00 bits per heavy atom. The molecule has 7 nitrogen and oxygen atoms in total. The number of furan rings is 1. The highest BCUT2D eigenvalue weighted by atomic mass is 32.2. The maximum absolute atomic E-state index is 12.8. The normalized spacial score (nSPS) is 11.1. The topological polar surface area (TPSA) is 98.5 Å². The first kappa shape index (κ1) is 21.3. The van der Waals surface area contributed by atoms with Crippen LogP contribution < -0.4 is 10.1 Å². The number of aromatic nitrogens is 1. The number of carbonyl (C=O) groups is 1. The summed E-state index contributed by atoms with van der Waals surface area (Å²) < 4.78 is 36.4. The van der Waals surface area contributed by atoms with Gasteiger partial charge in [-0.1, -0.05) is 30.3 Å². The molecule has 0 aliphatic rings. The van der Waals surface area contributed by atoms with E-state index < -0.39 is 15.7 Å². The van der Waals surface area contributed by atoms with Gasteiger partial charge < -0.3 is 14.5 Å². The summed E-state index contributed by atoms with van der Waals surface area (Å²) >= 11 is 0. The van der Waals surface area contributed by atoms with Gasteiger partial charge in [0.15, 0.2) is 15.6 Å². The van der Waals surface area contributed by atoms with E-state index in [4.69, 9.17) is 9.15 Å². The molecule has 162 valence electrons. The summed E-state index contributed by atoms with van der Waals surface area (Å²) in [6.07, 6.45) is 4.71. The lowest BCUT2D eigenvalue weighted by molar-refractivity contribution is 0.0996. The number of benzene rings is 2. The fraction of sp³-hybridized carbons (Fsp3) is 0.0833. The number of amides is 1. The first-order valence-electron chi connectivity index (χ1n) is 9.78. The van der Waals surface area contributed by atoms with Gasteiger partial charge in [0.05, 0.1) is 16.9 Å². The molecule has 0 saturated carbocycles. The van der Waals surface area contributed by atoms with Gasteiger partial charge in [0.2, 0.25) is 0 Å². The smallest absolute Gasteiger partial charge is 0.291 e. The molecule has 4 rings (SSSR count). The molecule has 0 radical (unpaired) electrons. The quantitative estimate of drug-likeness (QED) is 0.427. The van der Waals surface area contributed by atoms with E-state index in [1.807, 2.05) is 12.1 Å². The van der Waals surface area contributed by atoms with Crippen molar-refractivity contribution in [2.24, 2.45) is 0 Å². The summed E-state index contributed by atoms with van der Waals surface area (Å²) in [6, 6.07) is 20.2. The molecular formula is C24H20N2O5S. The summed E-state index contributed by atoms with van der Waals surface area (Å²) in [6.45, 7) is 0.338. The molecule has 32 heavy (non-hydrogen) atoms. The molecule has 4 aromatic rings. The second-order valence-corrected chi connectivity index (χ2v) is 8.97. The first-order valence-corrected chi connectivity index (χ1v) is 11.4. The third kappa shape index (κ3) is 5.22. The van der Waals surface area contributed by atoms with E-state index in [1.54, 1.807) is 54.9 Å². The number of pyridine rings is 1. The van der Waals surface area contributed by atoms with Crippen molar-refractivity contribution in [1.82, 2.24) is 4.98 Å². The Hall–Kier alpha value is -3.91. The van der Waals surface area contributed by atoms with Crippen molar-refractivity contribution < 1.29 is 22.4 Å². The van der Waals surface area contributed by atoms with E-state index in [1.165, 1.54) is 24.5 Å². The van der Waals surface area contributed by atoms with Gasteiger partial charge in [-0.25, -0.2) is 8.42 Å². The van der Waals surface area contributed by atoms with Crippen molar-refractivity contribution in [3.05, 3.63) is 108 Å². The predicted octanol–water partition coefficient (Wildman–Crippen LogP) is 4.48. The van der Waals surface area contributed by atoms with Crippen molar-refractivity contribution in [3.8, 4) is 5.75 Å². The van der Waals surface area contributed by atoms with Crippen LogP contribution in [0.15, 0.2) is 101 Å². The van der Waals surface area contributed by atoms with Crippen molar-refractivity contribution in [1.29, 1.82) is 0 Å². The number of sulfone groups is 1. The Bertz CT molecular complexity index is 1300. The number of rotatable bonds is 8. The second-order valence-electron chi connectivity index (χ2n) is 6.98. The maximum atomic E-state index is 12.8. The van der Waals surface area contributed by atoms with Crippen LogP contribution in [-0.4, -0.2) is 19.3 Å². The lowest BCUT2D eigenvalue weighted by Crippen LogP contribution is -2.14. The molecule has 8 heteroatoms. The minimum absolute atomic E-state index is 0.0498. The molecule has 0 atom stereocenters. The summed E-state index contributed by atoms with van der Waals surface area (Å²) in [5.74, 6) is -0.369. The van der Waals surface area contributed by atoms with Crippen LogP contribution in [0, 0.1) is 0 Å². The molecule has 0 saturated heterocycles. The molecule has 2 aromatic heterocycles. The van der Waals surface area contributed by atoms with Crippen LogP contribution in [0.4, 0.5) is 5.69 Å². The van der Waals surface area contributed by atoms with Gasteiger partial charge >= 0.3 is 0 Å². The number of anilines is 1. The van der Waals surface area contributed by atoms with Gasteiger partial charge in [-0.15, -0.1) is 0 Å². The second kappa shape index (κ2) is 9.49. The van der Waals surface area contributed by atoms with Crippen molar-refractivity contribution in [3.63, 3.8) is 0 Å². The maximum Gasteiger partial charge on any atom is 0.291 e. The van der Waals surface area contributed by atoms with Gasteiger partial charge in [0, 0.05) is 35.3 Å². The molecule has 2 aromatic carbocycles. The summed E-state index contributed by atoms with van der Waals surface area (Å²) in [7, 11) is -3.62. The number of hydrogen-bond donors (Lipinski definition) is 1. The van der Waals surface area contributed by atoms with Gasteiger partial charge in [0.25, 0.3) is 5.91 Å². The zero-order chi connectivity index (χ0) is 22.4. The highest BCUT2D eigenvalue weighted by Gasteiger charge is 2.22. The van der Waals surface area contributed by atoms with E-state index in [0.29, 0.717) is 18.0 Å². The van der Waals surface area contributed by atoms with Crippen molar-refractivity contribution in [2.75, 3.05) is 5.32 Å². The third-order valence-corrected chi connectivity index (χ3v) is 6.30. The number of nitrogens with one attached hydrogen (secondary N) is 1. The van der Waals surface area contributed by atoms with E-state index in [2.05, 4.69) is 10.3 Å². The van der Waals surface area contributed by atoms with E-state index in [0.717, 1.165) is 5.56 Å². The average molecular weight is 449 g/mol. The Balaban J connectivity index is 1.45. The molecule has 2 heterocycles. The van der Waals surface area contributed by atoms with E-state index >= 15 is 0 Å². The van der Waals surface area contributed by atoms with Crippen LogP contribution in [0.5, 0.6) is 5.75 Å². The Morgan fingerprint density at radius 2 is 1.84 bits per heavy atom. The summed E-state index contributed by atoms with van der Waals surface area (Å²) in [5, 5.41) is 2.73. The standard InChI is InChI=1S/C24H20N2O5S/c27-24(23-19(11-13-30-23)17-32(28,29)22-9-2-1-3-10-22)26-20-7-4-8-21(14-20)31-16-18-6-5-12-25-15-18/h1-15H,16-17H2,(H,26,27). The Morgan fingerprint density at radius 3 is 2.62 bits per heavy atom.